The molecule has 0 saturated heterocycles. The van der Waals surface area contributed by atoms with Crippen molar-refractivity contribution in [2.45, 2.75) is 56.3 Å². The molecule has 3 aliphatic heterocycles. The van der Waals surface area contributed by atoms with Crippen LogP contribution in [0.3, 0.4) is 0 Å². The van der Waals surface area contributed by atoms with Crippen LogP contribution in [-0.2, 0) is 31.1 Å². The summed E-state index contributed by atoms with van der Waals surface area (Å²) >= 11 is 1.97. The fraction of sp³-hybridized carbons (Fsp3) is 0.234. The van der Waals surface area contributed by atoms with Gasteiger partial charge in [-0.25, -0.2) is 0 Å². The summed E-state index contributed by atoms with van der Waals surface area (Å²) in [5.74, 6) is 2.34. The van der Waals surface area contributed by atoms with Gasteiger partial charge in [0.1, 0.15) is 5.75 Å². The van der Waals surface area contributed by atoms with Gasteiger partial charge < -0.3 is 9.64 Å². The van der Waals surface area contributed by atoms with Gasteiger partial charge in [-0.15, -0.1) is 11.8 Å². The van der Waals surface area contributed by atoms with E-state index in [1.165, 1.54) is 58.0 Å². The Morgan fingerprint density at radius 3 is 1.80 bits per heavy atom. The molecule has 0 aromatic heterocycles. The second-order valence-electron chi connectivity index (χ2n) is 13.5. The van der Waals surface area contributed by atoms with Crippen molar-refractivity contribution in [2.75, 3.05) is 23.8 Å². The fourth-order valence-corrected chi connectivity index (χ4v) is 7.90. The van der Waals surface area contributed by atoms with Crippen molar-refractivity contribution < 1.29 is 4.74 Å². The monoisotopic (exact) mass is 675 g/mol. The van der Waals surface area contributed by atoms with Crippen LogP contribution in [0.5, 0.6) is 5.75 Å². The standard InChI is InChI=1S/C14H13N.C11H14.C8H8O.C8H8S.C6H6/c1-2-7-13(8-3-1)15-11-10-12-6-4-5-9-14(12)15;1-11(2)8-7-9-5-3-4-6-10(9)11;2*1-2-4-8-7(3-1)5-6-9-8;1-2-4-6-5-3-1/h1-9H,10-11H2;3-6H,7-8H2,1-2H3;2*1-4H,5-6H2;1-6H. The van der Waals surface area contributed by atoms with E-state index in [0.29, 0.717) is 5.41 Å². The Morgan fingerprint density at radius 2 is 1.10 bits per heavy atom. The second-order valence-corrected chi connectivity index (χ2v) is 14.6. The van der Waals surface area contributed by atoms with Crippen molar-refractivity contribution in [1.82, 2.24) is 0 Å². The van der Waals surface area contributed by atoms with Crippen LogP contribution in [0.2, 0.25) is 0 Å². The summed E-state index contributed by atoms with van der Waals surface area (Å²) in [6, 6.07) is 56.9. The molecule has 0 amide bonds. The lowest BCUT2D eigenvalue weighted by Gasteiger charge is -2.19. The molecular weight excluding hydrogens is 627 g/mol. The predicted octanol–water partition coefficient (Wildman–Crippen LogP) is 11.9. The van der Waals surface area contributed by atoms with E-state index in [1.54, 1.807) is 11.1 Å². The van der Waals surface area contributed by atoms with E-state index in [4.69, 9.17) is 4.74 Å². The maximum absolute atomic E-state index is 5.30. The largest absolute Gasteiger partial charge is 0.493 e. The molecule has 4 aliphatic rings. The maximum atomic E-state index is 5.30. The Balaban J connectivity index is 0.000000111. The summed E-state index contributed by atoms with van der Waals surface area (Å²) in [4.78, 5) is 3.87. The molecule has 0 atom stereocenters. The Kier molecular flexibility index (Phi) is 12.5. The molecule has 6 aromatic carbocycles. The molecule has 0 unspecified atom stereocenters. The molecule has 0 radical (unpaired) electrons. The van der Waals surface area contributed by atoms with Gasteiger partial charge in [-0.05, 0) is 89.2 Å². The summed E-state index contributed by atoms with van der Waals surface area (Å²) in [5, 5.41) is 0. The molecule has 0 bridgehead atoms. The lowest BCUT2D eigenvalue weighted by molar-refractivity contribution is 0.357. The molecule has 2 nitrogen and oxygen atoms in total. The minimum atomic E-state index is 0.427. The minimum absolute atomic E-state index is 0.427. The van der Waals surface area contributed by atoms with Gasteiger partial charge >= 0.3 is 0 Å². The van der Waals surface area contributed by atoms with Crippen LogP contribution in [0.1, 0.15) is 48.1 Å². The number of hydrogen-bond acceptors (Lipinski definition) is 3. The van der Waals surface area contributed by atoms with Crippen LogP contribution in [0.15, 0.2) is 169 Å². The first-order valence-electron chi connectivity index (χ1n) is 18.0. The van der Waals surface area contributed by atoms with E-state index >= 15 is 0 Å². The number of nitrogens with zero attached hydrogens (tertiary/aromatic N) is 1. The Labute approximate surface area is 304 Å². The van der Waals surface area contributed by atoms with Crippen LogP contribution in [0.25, 0.3) is 0 Å². The van der Waals surface area contributed by atoms with Gasteiger partial charge in [0.25, 0.3) is 0 Å². The topological polar surface area (TPSA) is 12.5 Å². The minimum Gasteiger partial charge on any atom is -0.493 e. The van der Waals surface area contributed by atoms with Crippen LogP contribution < -0.4 is 9.64 Å². The molecular formula is C47H49NOS. The molecule has 3 heteroatoms. The van der Waals surface area contributed by atoms with E-state index < -0.39 is 0 Å². The lowest BCUT2D eigenvalue weighted by Crippen LogP contribution is -2.12. The molecule has 0 spiro atoms. The number of para-hydroxylation sites is 3. The highest BCUT2D eigenvalue weighted by Gasteiger charge is 2.28. The Hall–Kier alpha value is -4.73. The zero-order valence-electron chi connectivity index (χ0n) is 29.5. The van der Waals surface area contributed by atoms with Crippen LogP contribution >= 0.6 is 11.8 Å². The number of hydrogen-bond donors (Lipinski definition) is 0. The molecule has 0 saturated carbocycles. The van der Waals surface area contributed by atoms with Crippen LogP contribution in [0, 0.1) is 0 Å². The predicted molar refractivity (Wildman–Crippen MR) is 214 cm³/mol. The Morgan fingerprint density at radius 1 is 0.520 bits per heavy atom. The van der Waals surface area contributed by atoms with Crippen molar-refractivity contribution in [2.24, 2.45) is 0 Å². The highest BCUT2D eigenvalue weighted by molar-refractivity contribution is 7.99. The number of benzene rings is 6. The van der Waals surface area contributed by atoms with Crippen LogP contribution in [-0.4, -0.2) is 18.9 Å². The van der Waals surface area contributed by atoms with Gasteiger partial charge in [0.15, 0.2) is 0 Å². The quantitative estimate of drug-likeness (QED) is 0.172. The first-order chi connectivity index (χ1) is 24.6. The third kappa shape index (κ3) is 9.49. The molecule has 10 rings (SSSR count). The molecule has 0 N–H and O–H groups in total. The van der Waals surface area contributed by atoms with Gasteiger partial charge in [0.2, 0.25) is 0 Å². The summed E-state index contributed by atoms with van der Waals surface area (Å²) in [5.41, 5.74) is 10.5. The van der Waals surface area contributed by atoms with Gasteiger partial charge in [-0.2, -0.15) is 0 Å². The highest BCUT2D eigenvalue weighted by atomic mass is 32.2. The van der Waals surface area contributed by atoms with Gasteiger partial charge in [-0.3, -0.25) is 0 Å². The number of thioether (sulfide) groups is 1. The van der Waals surface area contributed by atoms with E-state index in [2.05, 4.69) is 128 Å². The molecule has 50 heavy (non-hydrogen) atoms. The number of fused-ring (bicyclic) bond motifs is 4. The zero-order chi connectivity index (χ0) is 34.4. The van der Waals surface area contributed by atoms with Gasteiger partial charge in [0, 0.05) is 35.0 Å². The van der Waals surface area contributed by atoms with E-state index in [9.17, 15) is 0 Å². The van der Waals surface area contributed by atoms with Crippen molar-refractivity contribution in [3.63, 3.8) is 0 Å². The zero-order valence-corrected chi connectivity index (χ0v) is 30.3. The third-order valence-corrected chi connectivity index (χ3v) is 10.7. The number of ether oxygens (including phenoxy) is 1. The highest BCUT2D eigenvalue weighted by Crippen LogP contribution is 2.38. The summed E-state index contributed by atoms with van der Waals surface area (Å²) in [6.07, 6.45) is 6.08. The van der Waals surface area contributed by atoms with Crippen molar-refractivity contribution in [3.8, 4) is 5.75 Å². The smallest absolute Gasteiger partial charge is 0.122 e. The molecule has 1 aliphatic carbocycles. The van der Waals surface area contributed by atoms with Crippen molar-refractivity contribution >= 4 is 23.1 Å². The summed E-state index contributed by atoms with van der Waals surface area (Å²) in [6.45, 7) is 6.63. The normalized spacial score (nSPS) is 15.0. The van der Waals surface area contributed by atoms with E-state index in [0.717, 1.165) is 31.7 Å². The molecule has 254 valence electrons. The molecule has 3 heterocycles. The number of anilines is 2. The summed E-state index contributed by atoms with van der Waals surface area (Å²) in [7, 11) is 0. The molecule has 6 aromatic rings. The Bertz CT molecular complexity index is 1780. The molecule has 0 fully saturated rings. The number of aryl methyl sites for hydroxylation is 2. The second kappa shape index (κ2) is 17.8. The lowest BCUT2D eigenvalue weighted by atomic mass is 9.87. The first-order valence-corrected chi connectivity index (χ1v) is 19.0. The first kappa shape index (κ1) is 35.1. The average molecular weight is 676 g/mol. The fourth-order valence-electron chi connectivity index (χ4n) is 6.82. The van der Waals surface area contributed by atoms with E-state index in [1.807, 2.05) is 66.4 Å². The SMILES string of the molecule is CC1(C)CCc2ccccc21.c1ccc(N2CCc3ccccc32)cc1.c1ccc2c(c1)CCO2.c1ccc2c(c1)CCS2.c1ccccc1. The average Bonchev–Trinajstić information content (AvgIpc) is 4.00. The van der Waals surface area contributed by atoms with Crippen LogP contribution in [0.4, 0.5) is 11.4 Å². The van der Waals surface area contributed by atoms with E-state index in [-0.39, 0.29) is 0 Å². The third-order valence-electron chi connectivity index (χ3n) is 9.59. The van der Waals surface area contributed by atoms with Crippen molar-refractivity contribution in [3.05, 3.63) is 192 Å². The number of rotatable bonds is 1. The van der Waals surface area contributed by atoms with Crippen molar-refractivity contribution in [1.29, 1.82) is 0 Å². The maximum Gasteiger partial charge on any atom is 0.122 e. The van der Waals surface area contributed by atoms with Gasteiger partial charge in [-0.1, -0.05) is 147 Å². The van der Waals surface area contributed by atoms with Gasteiger partial charge in [0.05, 0.1) is 6.61 Å². The summed E-state index contributed by atoms with van der Waals surface area (Å²) < 4.78 is 5.30.